The molecule has 4 rings (SSSR count). The van der Waals surface area contributed by atoms with E-state index >= 15 is 0 Å². The van der Waals surface area contributed by atoms with Crippen LogP contribution in [0, 0.1) is 10.1 Å². The van der Waals surface area contributed by atoms with Crippen LogP contribution in [0.1, 0.15) is 22.6 Å². The van der Waals surface area contributed by atoms with Gasteiger partial charge in [-0.25, -0.2) is 0 Å². The van der Waals surface area contributed by atoms with Gasteiger partial charge in [0.05, 0.1) is 11.1 Å². The van der Waals surface area contributed by atoms with Crippen molar-refractivity contribution in [3.05, 3.63) is 91.7 Å². The first-order valence-corrected chi connectivity index (χ1v) is 9.27. The second-order valence-corrected chi connectivity index (χ2v) is 7.67. The van der Waals surface area contributed by atoms with Gasteiger partial charge >= 0.3 is 0 Å². The van der Waals surface area contributed by atoms with E-state index < -0.39 is 4.92 Å². The van der Waals surface area contributed by atoms with E-state index in [1.807, 2.05) is 18.2 Å². The van der Waals surface area contributed by atoms with Crippen LogP contribution in [0.5, 0.6) is 0 Å². The minimum Gasteiger partial charge on any atom is -0.317 e. The molecule has 0 spiro atoms. The highest BCUT2D eigenvalue weighted by Crippen LogP contribution is 2.38. The molecule has 0 amide bonds. The van der Waals surface area contributed by atoms with Crippen molar-refractivity contribution in [1.29, 1.82) is 0 Å². The summed E-state index contributed by atoms with van der Waals surface area (Å²) in [7, 11) is 2.08. The van der Waals surface area contributed by atoms with Gasteiger partial charge in [-0.3, -0.25) is 10.1 Å². The monoisotopic (exact) mass is 401 g/mol. The third kappa shape index (κ3) is 3.46. The third-order valence-corrected chi connectivity index (χ3v) is 5.53. The standard InChI is InChI=1S/C20H17Cl2N3O2/c1-23-11-18(17-8-14(21)9-20(22)19(17)12-23)13-2-4-15(5-3-13)24-7-6-16(10-24)25(26)27/h2-10,18H,11-12H2,1H3. The van der Waals surface area contributed by atoms with Gasteiger partial charge in [0.1, 0.15) is 0 Å². The van der Waals surface area contributed by atoms with E-state index in [2.05, 4.69) is 24.1 Å². The molecule has 0 radical (unpaired) electrons. The second kappa shape index (κ2) is 7.00. The molecular weight excluding hydrogens is 385 g/mol. The summed E-state index contributed by atoms with van der Waals surface area (Å²) < 4.78 is 1.75. The molecule has 1 aliphatic rings. The zero-order valence-electron chi connectivity index (χ0n) is 14.6. The molecule has 0 aliphatic carbocycles. The normalized spacial score (nSPS) is 16.9. The van der Waals surface area contributed by atoms with E-state index in [0.29, 0.717) is 10.0 Å². The summed E-state index contributed by atoms with van der Waals surface area (Å²) in [6.45, 7) is 1.67. The fourth-order valence-electron chi connectivity index (χ4n) is 3.66. The van der Waals surface area contributed by atoms with Crippen molar-refractivity contribution >= 4 is 28.9 Å². The van der Waals surface area contributed by atoms with Gasteiger partial charge in [0.15, 0.2) is 0 Å². The van der Waals surface area contributed by atoms with E-state index in [1.165, 1.54) is 12.3 Å². The smallest absolute Gasteiger partial charge is 0.287 e. The van der Waals surface area contributed by atoms with Gasteiger partial charge in [-0.05, 0) is 48.0 Å². The van der Waals surface area contributed by atoms with Crippen molar-refractivity contribution < 1.29 is 4.92 Å². The predicted octanol–water partition coefficient (Wildman–Crippen LogP) is 5.27. The van der Waals surface area contributed by atoms with Crippen LogP contribution in [-0.4, -0.2) is 28.0 Å². The van der Waals surface area contributed by atoms with E-state index in [-0.39, 0.29) is 11.6 Å². The molecule has 1 aliphatic heterocycles. The Kier molecular flexibility index (Phi) is 4.68. The van der Waals surface area contributed by atoms with Crippen molar-refractivity contribution in [2.24, 2.45) is 0 Å². The molecule has 3 aromatic rings. The molecule has 0 bridgehead atoms. The lowest BCUT2D eigenvalue weighted by atomic mass is 9.84. The number of halogens is 2. The molecule has 0 N–H and O–H groups in total. The van der Waals surface area contributed by atoms with Gasteiger partial charge in [0.25, 0.3) is 5.69 Å². The number of likely N-dealkylation sites (N-methyl/N-ethyl adjacent to an activating group) is 1. The number of rotatable bonds is 3. The molecule has 1 aromatic heterocycles. The number of hydrogen-bond donors (Lipinski definition) is 0. The second-order valence-electron chi connectivity index (χ2n) is 6.83. The Bertz CT molecular complexity index is 1010. The average Bonchev–Trinajstić information content (AvgIpc) is 3.12. The largest absolute Gasteiger partial charge is 0.317 e. The molecule has 2 aromatic carbocycles. The summed E-state index contributed by atoms with van der Waals surface area (Å²) in [5.74, 6) is 0.169. The van der Waals surface area contributed by atoms with E-state index in [4.69, 9.17) is 23.2 Å². The van der Waals surface area contributed by atoms with Crippen LogP contribution in [-0.2, 0) is 6.54 Å². The lowest BCUT2D eigenvalue weighted by Gasteiger charge is -2.33. The van der Waals surface area contributed by atoms with E-state index in [0.717, 1.165) is 35.5 Å². The van der Waals surface area contributed by atoms with Crippen LogP contribution in [0.25, 0.3) is 5.69 Å². The zero-order chi connectivity index (χ0) is 19.1. The van der Waals surface area contributed by atoms with Crippen molar-refractivity contribution in [2.45, 2.75) is 12.5 Å². The third-order valence-electron chi connectivity index (χ3n) is 4.97. The highest BCUT2D eigenvalue weighted by atomic mass is 35.5. The summed E-state index contributed by atoms with van der Waals surface area (Å²) in [5, 5.41) is 12.2. The van der Waals surface area contributed by atoms with Gasteiger partial charge in [0.2, 0.25) is 0 Å². The van der Waals surface area contributed by atoms with Crippen LogP contribution in [0.4, 0.5) is 5.69 Å². The quantitative estimate of drug-likeness (QED) is 0.443. The maximum absolute atomic E-state index is 10.9. The van der Waals surface area contributed by atoms with Gasteiger partial charge < -0.3 is 9.47 Å². The Morgan fingerprint density at radius 2 is 1.89 bits per heavy atom. The molecule has 7 heteroatoms. The molecule has 0 saturated carbocycles. The van der Waals surface area contributed by atoms with Crippen molar-refractivity contribution in [1.82, 2.24) is 9.47 Å². The first-order valence-electron chi connectivity index (χ1n) is 8.51. The zero-order valence-corrected chi connectivity index (χ0v) is 16.1. The van der Waals surface area contributed by atoms with Gasteiger partial charge in [-0.1, -0.05) is 35.3 Å². The van der Waals surface area contributed by atoms with Crippen LogP contribution < -0.4 is 0 Å². The lowest BCUT2D eigenvalue weighted by Crippen LogP contribution is -2.31. The predicted molar refractivity (Wildman–Crippen MR) is 107 cm³/mol. The molecule has 138 valence electrons. The summed E-state index contributed by atoms with van der Waals surface area (Å²) in [6.07, 6.45) is 3.20. The van der Waals surface area contributed by atoms with Gasteiger partial charge in [-0.2, -0.15) is 0 Å². The van der Waals surface area contributed by atoms with Gasteiger partial charge in [-0.15, -0.1) is 0 Å². The Morgan fingerprint density at radius 1 is 1.15 bits per heavy atom. The SMILES string of the molecule is CN1Cc2c(Cl)cc(Cl)cc2C(c2ccc(-n3ccc([N+](=O)[O-])c3)cc2)C1. The first-order chi connectivity index (χ1) is 12.9. The van der Waals surface area contributed by atoms with E-state index in [9.17, 15) is 10.1 Å². The Balaban J connectivity index is 1.69. The molecule has 0 fully saturated rings. The minimum atomic E-state index is -0.396. The first kappa shape index (κ1) is 18.0. The highest BCUT2D eigenvalue weighted by Gasteiger charge is 2.27. The molecule has 0 saturated heterocycles. The molecule has 2 heterocycles. The summed E-state index contributed by atoms with van der Waals surface area (Å²) in [5.41, 5.74) is 4.39. The molecule has 27 heavy (non-hydrogen) atoms. The average molecular weight is 402 g/mol. The lowest BCUT2D eigenvalue weighted by molar-refractivity contribution is -0.384. The number of fused-ring (bicyclic) bond motifs is 1. The fraction of sp³-hybridized carbons (Fsp3) is 0.200. The number of nitrogens with zero attached hydrogens (tertiary/aromatic N) is 3. The highest BCUT2D eigenvalue weighted by molar-refractivity contribution is 6.35. The van der Waals surface area contributed by atoms with Crippen LogP contribution in [0.15, 0.2) is 54.9 Å². The summed E-state index contributed by atoms with van der Waals surface area (Å²) >= 11 is 12.7. The topological polar surface area (TPSA) is 51.3 Å². The Labute approximate surface area is 166 Å². The maximum Gasteiger partial charge on any atom is 0.287 e. The number of hydrogen-bond acceptors (Lipinski definition) is 3. The molecule has 5 nitrogen and oxygen atoms in total. The summed E-state index contributed by atoms with van der Waals surface area (Å²) in [6, 6.07) is 13.3. The van der Waals surface area contributed by atoms with Crippen molar-refractivity contribution in [2.75, 3.05) is 13.6 Å². The van der Waals surface area contributed by atoms with Crippen LogP contribution in [0.3, 0.4) is 0 Å². The Morgan fingerprint density at radius 3 is 2.56 bits per heavy atom. The maximum atomic E-state index is 10.9. The number of nitro groups is 1. The molecule has 1 unspecified atom stereocenters. The number of benzene rings is 2. The van der Waals surface area contributed by atoms with E-state index in [1.54, 1.807) is 16.8 Å². The number of aromatic nitrogens is 1. The van der Waals surface area contributed by atoms with Gasteiger partial charge in [0, 0.05) is 47.0 Å². The van der Waals surface area contributed by atoms with Crippen molar-refractivity contribution in [3.63, 3.8) is 0 Å². The minimum absolute atomic E-state index is 0.0752. The fourth-order valence-corrected chi connectivity index (χ4v) is 4.23. The van der Waals surface area contributed by atoms with Crippen LogP contribution in [0.2, 0.25) is 10.0 Å². The van der Waals surface area contributed by atoms with Crippen LogP contribution >= 0.6 is 23.2 Å². The molecule has 1 atom stereocenters. The molecular formula is C20H17Cl2N3O2. The Hall–Kier alpha value is -2.34. The summed E-state index contributed by atoms with van der Waals surface area (Å²) in [4.78, 5) is 12.7. The van der Waals surface area contributed by atoms with Crippen molar-refractivity contribution in [3.8, 4) is 5.69 Å².